The Bertz CT molecular complexity index is 742. The standard InChI is InChI=1S/C16H15N3S/c1-10-6-11(2)8-12(7-10)14-9-20-16(19-14)13-4-3-5-18-15(13)17/h3-9H,1-2H3,(H2,17,18). The Morgan fingerprint density at radius 1 is 1.10 bits per heavy atom. The predicted octanol–water partition coefficient (Wildman–Crippen LogP) is 4.07. The average molecular weight is 281 g/mol. The van der Waals surface area contributed by atoms with E-state index < -0.39 is 0 Å². The first-order chi connectivity index (χ1) is 9.63. The van der Waals surface area contributed by atoms with E-state index in [-0.39, 0.29) is 0 Å². The lowest BCUT2D eigenvalue weighted by atomic mass is 10.1. The van der Waals surface area contributed by atoms with E-state index in [1.807, 2.05) is 12.1 Å². The van der Waals surface area contributed by atoms with Crippen molar-refractivity contribution in [2.24, 2.45) is 0 Å². The van der Waals surface area contributed by atoms with Gasteiger partial charge in [0.05, 0.1) is 11.3 Å². The van der Waals surface area contributed by atoms with Gasteiger partial charge in [-0.2, -0.15) is 0 Å². The van der Waals surface area contributed by atoms with E-state index in [2.05, 4.69) is 42.4 Å². The first-order valence-corrected chi connectivity index (χ1v) is 7.26. The highest BCUT2D eigenvalue weighted by molar-refractivity contribution is 7.13. The summed E-state index contributed by atoms with van der Waals surface area (Å²) in [5.41, 5.74) is 11.4. The van der Waals surface area contributed by atoms with Gasteiger partial charge < -0.3 is 5.73 Å². The Hall–Kier alpha value is -2.20. The maximum atomic E-state index is 5.90. The molecule has 2 N–H and O–H groups in total. The monoisotopic (exact) mass is 281 g/mol. The molecule has 0 atom stereocenters. The minimum absolute atomic E-state index is 0.522. The molecule has 4 heteroatoms. The summed E-state index contributed by atoms with van der Waals surface area (Å²) in [6.45, 7) is 4.20. The molecule has 0 aliphatic heterocycles. The molecule has 20 heavy (non-hydrogen) atoms. The van der Waals surface area contributed by atoms with Gasteiger partial charge in [-0.25, -0.2) is 9.97 Å². The summed E-state index contributed by atoms with van der Waals surface area (Å²) in [6.07, 6.45) is 1.69. The fourth-order valence-electron chi connectivity index (χ4n) is 2.25. The topological polar surface area (TPSA) is 51.8 Å². The molecule has 3 aromatic rings. The third kappa shape index (κ3) is 2.42. The number of hydrogen-bond donors (Lipinski definition) is 1. The number of nitrogens with two attached hydrogens (primary N) is 1. The highest BCUT2D eigenvalue weighted by Crippen LogP contribution is 2.31. The first kappa shape index (κ1) is 12.8. The zero-order chi connectivity index (χ0) is 14.1. The van der Waals surface area contributed by atoms with Crippen LogP contribution in [0.15, 0.2) is 41.9 Å². The van der Waals surface area contributed by atoms with Crippen LogP contribution in [0.4, 0.5) is 5.82 Å². The van der Waals surface area contributed by atoms with E-state index >= 15 is 0 Å². The molecule has 0 spiro atoms. The van der Waals surface area contributed by atoms with Crippen LogP contribution in [-0.2, 0) is 0 Å². The molecule has 0 aliphatic carbocycles. The quantitative estimate of drug-likeness (QED) is 0.770. The van der Waals surface area contributed by atoms with Crippen molar-refractivity contribution in [1.29, 1.82) is 0 Å². The van der Waals surface area contributed by atoms with Gasteiger partial charge in [0, 0.05) is 17.1 Å². The van der Waals surface area contributed by atoms with Crippen LogP contribution in [0, 0.1) is 13.8 Å². The van der Waals surface area contributed by atoms with E-state index in [0.29, 0.717) is 5.82 Å². The van der Waals surface area contributed by atoms with Gasteiger partial charge in [-0.15, -0.1) is 11.3 Å². The molecular formula is C16H15N3S. The predicted molar refractivity (Wildman–Crippen MR) is 84.7 cm³/mol. The van der Waals surface area contributed by atoms with E-state index in [1.165, 1.54) is 11.1 Å². The van der Waals surface area contributed by atoms with Crippen LogP contribution in [0.3, 0.4) is 0 Å². The zero-order valence-electron chi connectivity index (χ0n) is 11.4. The maximum Gasteiger partial charge on any atom is 0.133 e. The molecule has 2 heterocycles. The summed E-state index contributed by atoms with van der Waals surface area (Å²) in [6, 6.07) is 10.3. The molecule has 1 aromatic carbocycles. The number of pyridine rings is 1. The highest BCUT2D eigenvalue weighted by atomic mass is 32.1. The molecule has 0 aliphatic rings. The minimum atomic E-state index is 0.522. The summed E-state index contributed by atoms with van der Waals surface area (Å²) >= 11 is 1.59. The van der Waals surface area contributed by atoms with E-state index in [0.717, 1.165) is 21.8 Å². The number of thiazole rings is 1. The van der Waals surface area contributed by atoms with Crippen LogP contribution >= 0.6 is 11.3 Å². The second kappa shape index (κ2) is 5.06. The third-order valence-corrected chi connectivity index (χ3v) is 3.97. The van der Waals surface area contributed by atoms with Crippen molar-refractivity contribution in [3.8, 4) is 21.8 Å². The van der Waals surface area contributed by atoms with Crippen LogP contribution in [-0.4, -0.2) is 9.97 Å². The highest BCUT2D eigenvalue weighted by Gasteiger charge is 2.10. The van der Waals surface area contributed by atoms with Crippen LogP contribution in [0.25, 0.3) is 21.8 Å². The molecule has 0 saturated heterocycles. The van der Waals surface area contributed by atoms with Crippen molar-refractivity contribution in [2.45, 2.75) is 13.8 Å². The van der Waals surface area contributed by atoms with Gasteiger partial charge in [0.25, 0.3) is 0 Å². The summed E-state index contributed by atoms with van der Waals surface area (Å²) < 4.78 is 0. The van der Waals surface area contributed by atoms with Gasteiger partial charge in [0.1, 0.15) is 10.8 Å². The fourth-order valence-corrected chi connectivity index (χ4v) is 3.11. The fraction of sp³-hybridized carbons (Fsp3) is 0.125. The summed E-state index contributed by atoms with van der Waals surface area (Å²) in [4.78, 5) is 8.80. The third-order valence-electron chi connectivity index (χ3n) is 3.09. The normalized spacial score (nSPS) is 10.7. The van der Waals surface area contributed by atoms with E-state index in [1.54, 1.807) is 17.5 Å². The summed E-state index contributed by atoms with van der Waals surface area (Å²) in [7, 11) is 0. The lowest BCUT2D eigenvalue weighted by Crippen LogP contribution is -1.92. The number of nitrogens with zero attached hydrogens (tertiary/aromatic N) is 2. The van der Waals surface area contributed by atoms with Crippen molar-refractivity contribution >= 4 is 17.2 Å². The number of nitrogen functional groups attached to an aromatic ring is 1. The lowest BCUT2D eigenvalue weighted by Gasteiger charge is -2.02. The van der Waals surface area contributed by atoms with Crippen molar-refractivity contribution < 1.29 is 0 Å². The molecule has 0 unspecified atom stereocenters. The van der Waals surface area contributed by atoms with Crippen molar-refractivity contribution in [3.05, 3.63) is 53.0 Å². The van der Waals surface area contributed by atoms with E-state index in [4.69, 9.17) is 10.7 Å². The van der Waals surface area contributed by atoms with Gasteiger partial charge >= 0.3 is 0 Å². The van der Waals surface area contributed by atoms with Gasteiger partial charge in [-0.1, -0.05) is 17.2 Å². The Morgan fingerprint density at radius 3 is 2.55 bits per heavy atom. The molecule has 3 rings (SSSR count). The van der Waals surface area contributed by atoms with Gasteiger partial charge in [0.15, 0.2) is 0 Å². The van der Waals surface area contributed by atoms with Gasteiger partial charge in [-0.05, 0) is 38.1 Å². The molecule has 100 valence electrons. The molecule has 0 fully saturated rings. The summed E-state index contributed by atoms with van der Waals surface area (Å²) in [5.74, 6) is 0.522. The largest absolute Gasteiger partial charge is 0.383 e. The Labute approximate surface area is 122 Å². The Morgan fingerprint density at radius 2 is 1.85 bits per heavy atom. The number of aromatic nitrogens is 2. The van der Waals surface area contributed by atoms with Gasteiger partial charge in [0.2, 0.25) is 0 Å². The summed E-state index contributed by atoms with van der Waals surface area (Å²) in [5, 5.41) is 2.97. The second-order valence-electron chi connectivity index (χ2n) is 4.85. The second-order valence-corrected chi connectivity index (χ2v) is 5.71. The van der Waals surface area contributed by atoms with Crippen molar-refractivity contribution in [1.82, 2.24) is 9.97 Å². The maximum absolute atomic E-state index is 5.90. The number of anilines is 1. The number of rotatable bonds is 2. The number of benzene rings is 1. The van der Waals surface area contributed by atoms with Gasteiger partial charge in [-0.3, -0.25) is 0 Å². The number of hydrogen-bond acceptors (Lipinski definition) is 4. The average Bonchev–Trinajstić information content (AvgIpc) is 2.87. The molecular weight excluding hydrogens is 266 g/mol. The molecule has 0 radical (unpaired) electrons. The zero-order valence-corrected chi connectivity index (χ0v) is 12.2. The lowest BCUT2D eigenvalue weighted by molar-refractivity contribution is 1.31. The van der Waals surface area contributed by atoms with Crippen LogP contribution in [0.1, 0.15) is 11.1 Å². The molecule has 0 bridgehead atoms. The minimum Gasteiger partial charge on any atom is -0.383 e. The Kier molecular flexibility index (Phi) is 3.24. The van der Waals surface area contributed by atoms with Crippen LogP contribution in [0.2, 0.25) is 0 Å². The molecule has 0 saturated carbocycles. The van der Waals surface area contributed by atoms with Crippen molar-refractivity contribution in [2.75, 3.05) is 5.73 Å². The van der Waals surface area contributed by atoms with E-state index in [9.17, 15) is 0 Å². The first-order valence-electron chi connectivity index (χ1n) is 6.38. The molecule has 3 nitrogen and oxygen atoms in total. The SMILES string of the molecule is Cc1cc(C)cc(-c2csc(-c3cccnc3N)n2)c1. The molecule has 2 aromatic heterocycles. The van der Waals surface area contributed by atoms with Crippen molar-refractivity contribution in [3.63, 3.8) is 0 Å². The smallest absolute Gasteiger partial charge is 0.133 e. The van der Waals surface area contributed by atoms with Crippen LogP contribution < -0.4 is 5.73 Å². The number of aryl methyl sites for hydroxylation is 2. The van der Waals surface area contributed by atoms with Crippen LogP contribution in [0.5, 0.6) is 0 Å². The Balaban J connectivity index is 2.04. The molecule has 0 amide bonds.